The Hall–Kier alpha value is -4.24. The van der Waals surface area contributed by atoms with E-state index >= 15 is 0 Å². The van der Waals surface area contributed by atoms with E-state index in [1.54, 1.807) is 6.20 Å². The normalized spacial score (nSPS) is 11.4. The molecule has 0 N–H and O–H groups in total. The SMILES string of the molecule is O=c1c(-c2ccccc2)c2nccc3cc(-c4ccccc4)c(c1-c1ccccc1)n32. The molecule has 0 fully saturated rings. The average molecular weight is 398 g/mol. The lowest BCUT2D eigenvalue weighted by Gasteiger charge is -2.14. The van der Waals surface area contributed by atoms with Gasteiger partial charge in [0, 0.05) is 17.3 Å². The minimum Gasteiger partial charge on any atom is -0.293 e. The van der Waals surface area contributed by atoms with Crippen molar-refractivity contribution in [3.8, 4) is 33.4 Å². The lowest BCUT2D eigenvalue weighted by atomic mass is 9.96. The standard InChI is InChI=1S/C28H18N2O/c31-27-24(20-12-6-2-7-13-20)26-23(19-10-4-1-5-11-19)18-22-16-17-29-28(30(22)26)25(27)21-14-8-3-9-15-21/h1-18H. The molecule has 3 aromatic heterocycles. The fraction of sp³-hybridized carbons (Fsp3) is 0. The number of hydrogen-bond acceptors (Lipinski definition) is 2. The van der Waals surface area contributed by atoms with Crippen molar-refractivity contribution in [2.24, 2.45) is 0 Å². The van der Waals surface area contributed by atoms with Gasteiger partial charge in [0.2, 0.25) is 0 Å². The largest absolute Gasteiger partial charge is 0.293 e. The van der Waals surface area contributed by atoms with Crippen LogP contribution in [0.5, 0.6) is 0 Å². The highest BCUT2D eigenvalue weighted by Gasteiger charge is 2.23. The molecule has 31 heavy (non-hydrogen) atoms. The zero-order chi connectivity index (χ0) is 20.8. The molecule has 3 aromatic carbocycles. The second-order valence-corrected chi connectivity index (χ2v) is 7.61. The van der Waals surface area contributed by atoms with Crippen LogP contribution in [0.4, 0.5) is 0 Å². The topological polar surface area (TPSA) is 34.4 Å². The Bertz CT molecular complexity index is 1570. The zero-order valence-electron chi connectivity index (χ0n) is 16.7. The van der Waals surface area contributed by atoms with Crippen LogP contribution in [0.25, 0.3) is 50.1 Å². The van der Waals surface area contributed by atoms with Crippen molar-refractivity contribution in [2.75, 3.05) is 0 Å². The third-order valence-electron chi connectivity index (χ3n) is 5.81. The fourth-order valence-corrected chi connectivity index (χ4v) is 4.46. The van der Waals surface area contributed by atoms with E-state index in [-0.39, 0.29) is 5.43 Å². The van der Waals surface area contributed by atoms with Crippen LogP contribution in [-0.4, -0.2) is 9.38 Å². The van der Waals surface area contributed by atoms with E-state index in [1.165, 1.54) is 0 Å². The summed E-state index contributed by atoms with van der Waals surface area (Å²) in [5.41, 5.74) is 7.85. The van der Waals surface area contributed by atoms with E-state index in [0.29, 0.717) is 16.8 Å². The number of hydrogen-bond donors (Lipinski definition) is 0. The second kappa shape index (κ2) is 6.92. The smallest absolute Gasteiger partial charge is 0.200 e. The number of rotatable bonds is 3. The Morgan fingerprint density at radius 3 is 1.77 bits per heavy atom. The van der Waals surface area contributed by atoms with Gasteiger partial charge in [-0.25, -0.2) is 4.98 Å². The minimum atomic E-state index is 0.000723. The highest BCUT2D eigenvalue weighted by Crippen LogP contribution is 2.37. The molecule has 0 aliphatic rings. The summed E-state index contributed by atoms with van der Waals surface area (Å²) in [5.74, 6) is 0. The highest BCUT2D eigenvalue weighted by molar-refractivity contribution is 6.02. The van der Waals surface area contributed by atoms with Gasteiger partial charge in [0.25, 0.3) is 0 Å². The number of aromatic nitrogens is 2. The van der Waals surface area contributed by atoms with E-state index < -0.39 is 0 Å². The molecule has 0 aliphatic heterocycles. The van der Waals surface area contributed by atoms with E-state index in [9.17, 15) is 4.79 Å². The zero-order valence-corrected chi connectivity index (χ0v) is 16.7. The Morgan fingerprint density at radius 1 is 0.613 bits per heavy atom. The van der Waals surface area contributed by atoms with Gasteiger partial charge >= 0.3 is 0 Å². The van der Waals surface area contributed by atoms with Crippen LogP contribution in [0.1, 0.15) is 0 Å². The maximum Gasteiger partial charge on any atom is 0.200 e. The molecule has 0 saturated carbocycles. The van der Waals surface area contributed by atoms with Crippen LogP contribution in [0.3, 0.4) is 0 Å². The Morgan fingerprint density at radius 2 is 1.16 bits per heavy atom. The lowest BCUT2D eigenvalue weighted by Crippen LogP contribution is -2.13. The molecule has 0 atom stereocenters. The van der Waals surface area contributed by atoms with E-state index in [0.717, 1.165) is 33.3 Å². The second-order valence-electron chi connectivity index (χ2n) is 7.61. The van der Waals surface area contributed by atoms with Crippen molar-refractivity contribution in [1.82, 2.24) is 9.38 Å². The molecular formula is C28H18N2O. The molecule has 0 saturated heterocycles. The van der Waals surface area contributed by atoms with Gasteiger partial charge in [0.15, 0.2) is 5.43 Å². The Labute approximate surface area is 179 Å². The summed E-state index contributed by atoms with van der Waals surface area (Å²) >= 11 is 0. The quantitative estimate of drug-likeness (QED) is 0.351. The van der Waals surface area contributed by atoms with Crippen molar-refractivity contribution in [2.45, 2.75) is 0 Å². The maximum absolute atomic E-state index is 14.1. The summed E-state index contributed by atoms with van der Waals surface area (Å²) in [7, 11) is 0. The predicted octanol–water partition coefficient (Wildman–Crippen LogP) is 6.29. The Balaban J connectivity index is 1.86. The van der Waals surface area contributed by atoms with Gasteiger partial charge in [0.1, 0.15) is 5.65 Å². The fourth-order valence-electron chi connectivity index (χ4n) is 4.46. The Kier molecular flexibility index (Phi) is 3.93. The van der Waals surface area contributed by atoms with Crippen LogP contribution >= 0.6 is 0 Å². The number of nitrogens with zero attached hydrogens (tertiary/aromatic N) is 2. The van der Waals surface area contributed by atoms with Crippen molar-refractivity contribution in [1.29, 1.82) is 0 Å². The third-order valence-corrected chi connectivity index (χ3v) is 5.81. The third kappa shape index (κ3) is 2.67. The first kappa shape index (κ1) is 17.6. The summed E-state index contributed by atoms with van der Waals surface area (Å²) in [4.78, 5) is 18.8. The van der Waals surface area contributed by atoms with E-state index in [2.05, 4.69) is 27.6 Å². The van der Waals surface area contributed by atoms with Gasteiger partial charge in [-0.1, -0.05) is 91.0 Å². The van der Waals surface area contributed by atoms with Gasteiger partial charge in [-0.15, -0.1) is 0 Å². The average Bonchev–Trinajstić information content (AvgIpc) is 3.22. The van der Waals surface area contributed by atoms with Crippen LogP contribution < -0.4 is 5.43 Å². The van der Waals surface area contributed by atoms with Gasteiger partial charge in [-0.2, -0.15) is 0 Å². The van der Waals surface area contributed by atoms with Gasteiger partial charge in [0.05, 0.1) is 16.6 Å². The molecule has 6 rings (SSSR count). The summed E-state index contributed by atoms with van der Waals surface area (Å²) in [6, 6.07) is 34.1. The maximum atomic E-state index is 14.1. The van der Waals surface area contributed by atoms with Crippen LogP contribution in [0.15, 0.2) is 114 Å². The van der Waals surface area contributed by atoms with Crippen LogP contribution in [0.2, 0.25) is 0 Å². The summed E-state index contributed by atoms with van der Waals surface area (Å²) in [6.45, 7) is 0. The van der Waals surface area contributed by atoms with Crippen LogP contribution in [0, 0.1) is 0 Å². The van der Waals surface area contributed by atoms with Crippen LogP contribution in [-0.2, 0) is 0 Å². The van der Waals surface area contributed by atoms with Crippen molar-refractivity contribution in [3.05, 3.63) is 120 Å². The molecule has 3 nitrogen and oxygen atoms in total. The summed E-state index contributed by atoms with van der Waals surface area (Å²) in [6.07, 6.45) is 1.78. The summed E-state index contributed by atoms with van der Waals surface area (Å²) < 4.78 is 2.13. The first-order valence-electron chi connectivity index (χ1n) is 10.3. The first-order chi connectivity index (χ1) is 15.3. The summed E-state index contributed by atoms with van der Waals surface area (Å²) in [5, 5.41) is 0. The first-order valence-corrected chi connectivity index (χ1v) is 10.3. The van der Waals surface area contributed by atoms with Crippen molar-refractivity contribution >= 4 is 16.7 Å². The molecule has 6 aromatic rings. The minimum absolute atomic E-state index is 0.000723. The lowest BCUT2D eigenvalue weighted by molar-refractivity contribution is 1.20. The highest BCUT2D eigenvalue weighted by atomic mass is 16.1. The molecule has 3 heteroatoms. The molecule has 146 valence electrons. The van der Waals surface area contributed by atoms with Crippen molar-refractivity contribution < 1.29 is 0 Å². The van der Waals surface area contributed by atoms with Gasteiger partial charge < -0.3 is 0 Å². The van der Waals surface area contributed by atoms with Gasteiger partial charge in [-0.05, 0) is 28.8 Å². The molecular weight excluding hydrogens is 380 g/mol. The van der Waals surface area contributed by atoms with E-state index in [4.69, 9.17) is 0 Å². The molecule has 0 unspecified atom stereocenters. The molecule has 0 aliphatic carbocycles. The molecule has 0 bridgehead atoms. The molecule has 3 heterocycles. The van der Waals surface area contributed by atoms with Crippen molar-refractivity contribution in [3.63, 3.8) is 0 Å². The van der Waals surface area contributed by atoms with Gasteiger partial charge in [-0.3, -0.25) is 9.20 Å². The predicted molar refractivity (Wildman–Crippen MR) is 126 cm³/mol. The number of benzene rings is 3. The molecule has 0 amide bonds. The molecule has 0 radical (unpaired) electrons. The number of pyridine rings is 1. The van der Waals surface area contributed by atoms with E-state index in [1.807, 2.05) is 84.9 Å². The molecule has 0 spiro atoms. The monoisotopic (exact) mass is 398 g/mol.